The van der Waals surface area contributed by atoms with E-state index in [-0.39, 0.29) is 6.04 Å². The number of ether oxygens (including phenoxy) is 1. The van der Waals surface area contributed by atoms with Crippen LogP contribution >= 0.6 is 0 Å². The van der Waals surface area contributed by atoms with Crippen LogP contribution < -0.4 is 4.90 Å². The van der Waals surface area contributed by atoms with Gasteiger partial charge in [-0.25, -0.2) is 15.0 Å². The third kappa shape index (κ3) is 2.53. The summed E-state index contributed by atoms with van der Waals surface area (Å²) in [4.78, 5) is 19.5. The van der Waals surface area contributed by atoms with Crippen LogP contribution in [-0.4, -0.2) is 39.7 Å². The van der Waals surface area contributed by atoms with Crippen LogP contribution in [0.15, 0.2) is 30.9 Å². The van der Waals surface area contributed by atoms with E-state index in [0.29, 0.717) is 13.2 Å². The molecular weight excluding hydrogens is 242 g/mol. The largest absolute Gasteiger partial charge is 0.377 e. The van der Waals surface area contributed by atoms with Gasteiger partial charge < -0.3 is 9.64 Å². The number of rotatable bonds is 2. The zero-order valence-corrected chi connectivity index (χ0v) is 10.7. The van der Waals surface area contributed by atoms with E-state index in [1.807, 2.05) is 13.0 Å². The summed E-state index contributed by atoms with van der Waals surface area (Å²) in [6.45, 7) is 3.97. The van der Waals surface area contributed by atoms with Crippen LogP contribution in [0.5, 0.6) is 0 Å². The summed E-state index contributed by atoms with van der Waals surface area (Å²) >= 11 is 0. The molecule has 0 amide bonds. The molecule has 0 spiro atoms. The highest BCUT2D eigenvalue weighted by Gasteiger charge is 2.28. The third-order valence-corrected chi connectivity index (χ3v) is 3.08. The molecule has 0 radical (unpaired) electrons. The fourth-order valence-electron chi connectivity index (χ4n) is 2.16. The minimum atomic E-state index is -0.00894. The first kappa shape index (κ1) is 12.0. The number of aryl methyl sites for hydroxylation is 1. The molecule has 0 saturated carbocycles. The van der Waals surface area contributed by atoms with Crippen LogP contribution in [0.25, 0.3) is 0 Å². The Hall–Kier alpha value is -2.08. The lowest BCUT2D eigenvalue weighted by atomic mass is 10.2. The van der Waals surface area contributed by atoms with Gasteiger partial charge in [0.05, 0.1) is 19.4 Å². The van der Waals surface area contributed by atoms with E-state index in [4.69, 9.17) is 4.74 Å². The molecule has 98 valence electrons. The van der Waals surface area contributed by atoms with Crippen molar-refractivity contribution in [1.82, 2.24) is 19.9 Å². The summed E-state index contributed by atoms with van der Waals surface area (Å²) in [5.41, 5.74) is 0.953. The Kier molecular flexibility index (Phi) is 3.33. The molecule has 3 rings (SSSR count). The van der Waals surface area contributed by atoms with Crippen LogP contribution in [0.1, 0.15) is 17.6 Å². The molecule has 0 N–H and O–H groups in total. The second kappa shape index (κ2) is 5.27. The van der Waals surface area contributed by atoms with Gasteiger partial charge in [-0.15, -0.1) is 0 Å². The van der Waals surface area contributed by atoms with E-state index >= 15 is 0 Å². The molecule has 1 saturated heterocycles. The summed E-state index contributed by atoms with van der Waals surface area (Å²) in [7, 11) is 0. The van der Waals surface area contributed by atoms with E-state index in [9.17, 15) is 0 Å². The highest BCUT2D eigenvalue weighted by molar-refractivity contribution is 5.38. The first-order valence-corrected chi connectivity index (χ1v) is 6.24. The predicted molar refractivity (Wildman–Crippen MR) is 69.7 cm³/mol. The molecule has 3 heterocycles. The standard InChI is InChI=1S/C13H15N5O/c1-10-2-3-16-13(17-10)11-9-19-7-6-18(11)12-8-14-4-5-15-12/h2-5,8,11H,6-7,9H2,1H3. The predicted octanol–water partition coefficient (Wildman–Crippen LogP) is 1.15. The molecule has 0 aromatic carbocycles. The SMILES string of the molecule is Cc1ccnc(C2COCCN2c2cnccn2)n1. The van der Waals surface area contributed by atoms with Crippen molar-refractivity contribution >= 4 is 5.82 Å². The molecule has 2 aromatic rings. The van der Waals surface area contributed by atoms with E-state index < -0.39 is 0 Å². The number of nitrogens with zero attached hydrogens (tertiary/aromatic N) is 5. The lowest BCUT2D eigenvalue weighted by Crippen LogP contribution is -2.41. The Balaban J connectivity index is 1.93. The monoisotopic (exact) mass is 257 g/mol. The molecule has 1 unspecified atom stereocenters. The Morgan fingerprint density at radius 1 is 1.26 bits per heavy atom. The first-order valence-electron chi connectivity index (χ1n) is 6.24. The van der Waals surface area contributed by atoms with Crippen LogP contribution in [0.3, 0.4) is 0 Å². The maximum Gasteiger partial charge on any atom is 0.153 e. The van der Waals surface area contributed by atoms with Crippen LogP contribution in [0.2, 0.25) is 0 Å². The Bertz CT molecular complexity index is 548. The maximum atomic E-state index is 5.56. The number of morpholine rings is 1. The molecule has 1 aliphatic rings. The summed E-state index contributed by atoms with van der Waals surface area (Å²) in [6.07, 6.45) is 6.90. The molecule has 0 bridgehead atoms. The van der Waals surface area contributed by atoms with Crippen LogP contribution in [0.4, 0.5) is 5.82 Å². The van der Waals surface area contributed by atoms with Crippen molar-refractivity contribution in [3.8, 4) is 0 Å². The summed E-state index contributed by atoms with van der Waals surface area (Å²) < 4.78 is 5.56. The third-order valence-electron chi connectivity index (χ3n) is 3.08. The number of hydrogen-bond donors (Lipinski definition) is 0. The van der Waals surface area contributed by atoms with Crippen molar-refractivity contribution in [3.05, 3.63) is 42.4 Å². The zero-order valence-electron chi connectivity index (χ0n) is 10.7. The average Bonchev–Trinajstić information content (AvgIpc) is 2.48. The van der Waals surface area contributed by atoms with Crippen LogP contribution in [-0.2, 0) is 4.74 Å². The fourth-order valence-corrected chi connectivity index (χ4v) is 2.16. The number of hydrogen-bond acceptors (Lipinski definition) is 6. The molecule has 1 fully saturated rings. The van der Waals surface area contributed by atoms with Crippen molar-refractivity contribution < 1.29 is 4.74 Å². The smallest absolute Gasteiger partial charge is 0.153 e. The van der Waals surface area contributed by atoms with Gasteiger partial charge in [0.15, 0.2) is 5.82 Å². The molecule has 2 aromatic heterocycles. The van der Waals surface area contributed by atoms with Crippen molar-refractivity contribution in [1.29, 1.82) is 0 Å². The van der Waals surface area contributed by atoms with Gasteiger partial charge in [-0.2, -0.15) is 0 Å². The fraction of sp³-hybridized carbons (Fsp3) is 0.385. The Morgan fingerprint density at radius 2 is 2.21 bits per heavy atom. The van der Waals surface area contributed by atoms with E-state index in [1.165, 1.54) is 0 Å². The molecule has 1 atom stereocenters. The normalized spacial score (nSPS) is 19.4. The van der Waals surface area contributed by atoms with Gasteiger partial charge >= 0.3 is 0 Å². The first-order chi connectivity index (χ1) is 9.34. The van der Waals surface area contributed by atoms with Gasteiger partial charge in [-0.1, -0.05) is 0 Å². The highest BCUT2D eigenvalue weighted by atomic mass is 16.5. The zero-order chi connectivity index (χ0) is 13.1. The van der Waals surface area contributed by atoms with Crippen molar-refractivity contribution in [2.24, 2.45) is 0 Å². The van der Waals surface area contributed by atoms with Gasteiger partial charge in [-0.3, -0.25) is 4.98 Å². The summed E-state index contributed by atoms with van der Waals surface area (Å²) in [5, 5.41) is 0. The van der Waals surface area contributed by atoms with Gasteiger partial charge in [-0.05, 0) is 13.0 Å². The molecule has 1 aliphatic heterocycles. The van der Waals surface area contributed by atoms with Crippen molar-refractivity contribution in [2.75, 3.05) is 24.7 Å². The minimum absolute atomic E-state index is 0.00894. The summed E-state index contributed by atoms with van der Waals surface area (Å²) in [6, 6.07) is 1.88. The van der Waals surface area contributed by atoms with Gasteiger partial charge in [0.2, 0.25) is 0 Å². The van der Waals surface area contributed by atoms with E-state index in [1.54, 1.807) is 24.8 Å². The topological polar surface area (TPSA) is 64.0 Å². The summed E-state index contributed by atoms with van der Waals surface area (Å²) in [5.74, 6) is 1.60. The molecule has 6 nitrogen and oxygen atoms in total. The molecule has 19 heavy (non-hydrogen) atoms. The molecule has 6 heteroatoms. The van der Waals surface area contributed by atoms with Crippen LogP contribution in [0, 0.1) is 6.92 Å². The molecule has 0 aliphatic carbocycles. The Labute approximate surface area is 111 Å². The van der Waals surface area contributed by atoms with E-state index in [0.717, 1.165) is 23.9 Å². The lowest BCUT2D eigenvalue weighted by molar-refractivity contribution is 0.0912. The van der Waals surface area contributed by atoms with Gasteiger partial charge in [0.25, 0.3) is 0 Å². The highest BCUT2D eigenvalue weighted by Crippen LogP contribution is 2.25. The number of anilines is 1. The minimum Gasteiger partial charge on any atom is -0.377 e. The van der Waals surface area contributed by atoms with Gasteiger partial charge in [0, 0.05) is 30.8 Å². The van der Waals surface area contributed by atoms with Crippen molar-refractivity contribution in [2.45, 2.75) is 13.0 Å². The second-order valence-corrected chi connectivity index (χ2v) is 4.40. The quantitative estimate of drug-likeness (QED) is 0.804. The second-order valence-electron chi connectivity index (χ2n) is 4.40. The Morgan fingerprint density at radius 3 is 3.00 bits per heavy atom. The van der Waals surface area contributed by atoms with E-state index in [2.05, 4.69) is 24.8 Å². The van der Waals surface area contributed by atoms with Gasteiger partial charge in [0.1, 0.15) is 11.9 Å². The molecular formula is C13H15N5O. The maximum absolute atomic E-state index is 5.56. The number of aromatic nitrogens is 4. The lowest BCUT2D eigenvalue weighted by Gasteiger charge is -2.35. The average molecular weight is 257 g/mol. The van der Waals surface area contributed by atoms with Crippen molar-refractivity contribution in [3.63, 3.8) is 0 Å².